The van der Waals surface area contributed by atoms with E-state index in [1.807, 2.05) is 12.1 Å². The number of ether oxygens (including phenoxy) is 1. The number of aliphatic hydroxyl groups is 1. The molecule has 38 heavy (non-hydrogen) atoms. The van der Waals surface area contributed by atoms with E-state index in [0.29, 0.717) is 17.2 Å². The minimum Gasteiger partial charge on any atom is -0.485 e. The van der Waals surface area contributed by atoms with Crippen LogP contribution >= 0.6 is 0 Å². The Kier molecular flexibility index (Phi) is 8.55. The maximum Gasteiger partial charge on any atom is 0.168 e. The third kappa shape index (κ3) is 6.16. The summed E-state index contributed by atoms with van der Waals surface area (Å²) in [5, 5.41) is 9.18. The number of hydrogen-bond donors (Lipinski definition) is 1. The van der Waals surface area contributed by atoms with Crippen LogP contribution in [0.1, 0.15) is 54.7 Å². The van der Waals surface area contributed by atoms with Gasteiger partial charge in [0.1, 0.15) is 18.2 Å². The number of pyridine rings is 1. The molecule has 2 aliphatic rings. The molecule has 0 saturated carbocycles. The Hall–Kier alpha value is -3.03. The summed E-state index contributed by atoms with van der Waals surface area (Å²) in [6, 6.07) is 14.2. The molecule has 7 heteroatoms. The Labute approximate surface area is 224 Å². The number of aryl methyl sites for hydroxylation is 1. The smallest absolute Gasteiger partial charge is 0.168 e. The van der Waals surface area contributed by atoms with Gasteiger partial charge >= 0.3 is 0 Å². The van der Waals surface area contributed by atoms with E-state index in [9.17, 15) is 9.50 Å². The number of rotatable bonds is 8. The van der Waals surface area contributed by atoms with Gasteiger partial charge in [-0.15, -0.1) is 0 Å². The number of likely N-dealkylation sites (tertiary alicyclic amines) is 1. The van der Waals surface area contributed by atoms with Crippen LogP contribution in [0.3, 0.4) is 0 Å². The number of β-amino-alcohol motifs (C(OH)–C–C–N with tert-alkyl or cyclic N) is 1. The zero-order valence-electron chi connectivity index (χ0n) is 22.1. The molecular weight excluding hydrogens is 484 g/mol. The van der Waals surface area contributed by atoms with Crippen molar-refractivity contribution in [3.05, 3.63) is 76.9 Å². The zero-order valence-corrected chi connectivity index (χ0v) is 22.1. The summed E-state index contributed by atoms with van der Waals surface area (Å²) in [6.07, 6.45) is 5.60. The molecule has 0 radical (unpaired) electrons. The number of anilines is 1. The van der Waals surface area contributed by atoms with Crippen LogP contribution in [-0.2, 0) is 6.61 Å². The van der Waals surface area contributed by atoms with Crippen molar-refractivity contribution in [1.82, 2.24) is 9.88 Å². The number of aromatic nitrogens is 1. The van der Waals surface area contributed by atoms with Gasteiger partial charge in [0.15, 0.2) is 11.6 Å². The molecule has 3 aromatic rings. The first-order valence-corrected chi connectivity index (χ1v) is 13.8. The predicted octanol–water partition coefficient (Wildman–Crippen LogP) is 6.08. The maximum atomic E-state index is 15.0. The quantitative estimate of drug-likeness (QED) is 0.390. The van der Waals surface area contributed by atoms with Gasteiger partial charge < -0.3 is 19.6 Å². The highest BCUT2D eigenvalue weighted by Crippen LogP contribution is 2.35. The molecule has 0 amide bonds. The van der Waals surface area contributed by atoms with Crippen molar-refractivity contribution in [2.24, 2.45) is 0 Å². The first-order chi connectivity index (χ1) is 18.5. The Morgan fingerprint density at radius 1 is 0.974 bits per heavy atom. The Morgan fingerprint density at radius 2 is 1.76 bits per heavy atom. The Balaban J connectivity index is 1.32. The molecule has 2 fully saturated rings. The van der Waals surface area contributed by atoms with E-state index < -0.39 is 11.6 Å². The minimum atomic E-state index is -0.728. The van der Waals surface area contributed by atoms with Crippen molar-refractivity contribution >= 4 is 5.82 Å². The van der Waals surface area contributed by atoms with Crippen molar-refractivity contribution in [1.29, 1.82) is 0 Å². The number of hydrogen-bond acceptors (Lipinski definition) is 5. The minimum absolute atomic E-state index is 0.0226. The van der Waals surface area contributed by atoms with Gasteiger partial charge in [0.05, 0.1) is 12.3 Å². The van der Waals surface area contributed by atoms with Crippen molar-refractivity contribution in [3.8, 4) is 17.0 Å². The van der Waals surface area contributed by atoms with Gasteiger partial charge in [-0.2, -0.15) is 0 Å². The van der Waals surface area contributed by atoms with E-state index in [1.54, 1.807) is 6.07 Å². The van der Waals surface area contributed by atoms with Crippen LogP contribution in [0.15, 0.2) is 48.5 Å². The fraction of sp³-hybridized carbons (Fsp3) is 0.452. The highest BCUT2D eigenvalue weighted by molar-refractivity contribution is 5.69. The number of benzene rings is 2. The first-order valence-electron chi connectivity index (χ1n) is 13.8. The summed E-state index contributed by atoms with van der Waals surface area (Å²) >= 11 is 0. The second-order valence-electron chi connectivity index (χ2n) is 10.5. The molecule has 0 aliphatic carbocycles. The van der Waals surface area contributed by atoms with Crippen molar-refractivity contribution in [2.45, 2.75) is 51.6 Å². The van der Waals surface area contributed by atoms with Crippen LogP contribution in [0.4, 0.5) is 14.6 Å². The van der Waals surface area contributed by atoms with Crippen LogP contribution in [0.2, 0.25) is 0 Å². The molecule has 1 aromatic heterocycles. The average Bonchev–Trinajstić information content (AvgIpc) is 2.94. The molecule has 0 unspecified atom stereocenters. The number of halogens is 2. The predicted molar refractivity (Wildman–Crippen MR) is 147 cm³/mol. The highest BCUT2D eigenvalue weighted by atomic mass is 19.1. The molecular formula is C31H37F2N3O2. The highest BCUT2D eigenvalue weighted by Gasteiger charge is 2.22. The number of piperidine rings is 2. The van der Waals surface area contributed by atoms with E-state index in [0.717, 1.165) is 81.4 Å². The van der Waals surface area contributed by atoms with Crippen molar-refractivity contribution in [2.75, 3.05) is 44.2 Å². The zero-order chi connectivity index (χ0) is 26.5. The van der Waals surface area contributed by atoms with Crippen LogP contribution in [0.25, 0.3) is 11.3 Å². The second kappa shape index (κ2) is 12.2. The molecule has 3 heterocycles. The number of aliphatic hydroxyl groups excluding tert-OH is 1. The van der Waals surface area contributed by atoms with Crippen molar-refractivity contribution in [3.63, 3.8) is 0 Å². The molecule has 2 saturated heterocycles. The van der Waals surface area contributed by atoms with Crippen molar-refractivity contribution < 1.29 is 18.6 Å². The molecule has 202 valence electrons. The molecule has 0 spiro atoms. The second-order valence-corrected chi connectivity index (χ2v) is 10.5. The molecule has 2 aliphatic heterocycles. The van der Waals surface area contributed by atoms with Gasteiger partial charge in [0.25, 0.3) is 0 Å². The Bertz CT molecular complexity index is 1240. The van der Waals surface area contributed by atoms with E-state index >= 15 is 4.39 Å². The molecule has 0 bridgehead atoms. The summed E-state index contributed by atoms with van der Waals surface area (Å²) in [7, 11) is 0. The van der Waals surface area contributed by atoms with Crippen LogP contribution < -0.4 is 9.64 Å². The summed E-state index contributed by atoms with van der Waals surface area (Å²) in [5.41, 5.74) is 4.19. The largest absolute Gasteiger partial charge is 0.485 e. The fourth-order valence-electron chi connectivity index (χ4n) is 5.69. The lowest BCUT2D eigenvalue weighted by molar-refractivity contribution is 0.164. The third-order valence-electron chi connectivity index (χ3n) is 7.91. The summed E-state index contributed by atoms with van der Waals surface area (Å²) < 4.78 is 35.4. The lowest BCUT2D eigenvalue weighted by atomic mass is 9.88. The lowest BCUT2D eigenvalue weighted by Crippen LogP contribution is -2.34. The summed E-state index contributed by atoms with van der Waals surface area (Å²) in [4.78, 5) is 9.29. The van der Waals surface area contributed by atoms with E-state index in [1.165, 1.54) is 18.1 Å². The monoisotopic (exact) mass is 521 g/mol. The first kappa shape index (κ1) is 26.6. The van der Waals surface area contributed by atoms with Gasteiger partial charge in [0, 0.05) is 31.3 Å². The number of nitrogens with zero attached hydrogens (tertiary/aromatic N) is 3. The van der Waals surface area contributed by atoms with Gasteiger partial charge in [-0.3, -0.25) is 0 Å². The maximum absolute atomic E-state index is 15.0. The summed E-state index contributed by atoms with van der Waals surface area (Å²) in [6.45, 7) is 7.04. The summed E-state index contributed by atoms with van der Waals surface area (Å²) in [5.74, 6) is -0.0337. The van der Waals surface area contributed by atoms with Gasteiger partial charge in [-0.25, -0.2) is 13.8 Å². The lowest BCUT2D eigenvalue weighted by Gasteiger charge is -2.32. The molecule has 5 rings (SSSR count). The van der Waals surface area contributed by atoms with Crippen LogP contribution in [0.5, 0.6) is 5.75 Å². The third-order valence-corrected chi connectivity index (χ3v) is 7.91. The standard InChI is InChI=1S/C31H37F2N3O2/c1-22-18-24(23-10-14-35(15-11-23)16-17-37)8-9-25(22)21-38-31-27(19-26(32)20-28(31)33)29-6-5-7-30(34-29)36-12-3-2-4-13-36/h5-9,18-20,23,37H,2-4,10-17,21H2,1H3. The van der Waals surface area contributed by atoms with E-state index in [4.69, 9.17) is 9.72 Å². The van der Waals surface area contributed by atoms with Crippen LogP contribution in [-0.4, -0.2) is 54.3 Å². The van der Waals surface area contributed by atoms with Gasteiger partial charge in [-0.05, 0) is 92.9 Å². The topological polar surface area (TPSA) is 48.8 Å². The molecule has 0 atom stereocenters. The Morgan fingerprint density at radius 3 is 2.50 bits per heavy atom. The average molecular weight is 522 g/mol. The normalized spacial score (nSPS) is 17.1. The van der Waals surface area contributed by atoms with E-state index in [2.05, 4.69) is 34.9 Å². The van der Waals surface area contributed by atoms with Gasteiger partial charge in [0.2, 0.25) is 0 Å². The van der Waals surface area contributed by atoms with Gasteiger partial charge in [-0.1, -0.05) is 24.3 Å². The SMILES string of the molecule is Cc1cc(C2CCN(CCO)CC2)ccc1COc1c(F)cc(F)cc1-c1cccc(N2CCCCC2)n1. The van der Waals surface area contributed by atoms with E-state index in [-0.39, 0.29) is 19.0 Å². The molecule has 1 N–H and O–H groups in total. The molecule has 5 nitrogen and oxygen atoms in total. The fourth-order valence-corrected chi connectivity index (χ4v) is 5.69. The molecule has 2 aromatic carbocycles. The van der Waals surface area contributed by atoms with Crippen LogP contribution in [0, 0.1) is 18.6 Å².